The smallest absolute Gasteiger partial charge is 0.411 e. The summed E-state index contributed by atoms with van der Waals surface area (Å²) in [4.78, 5) is 12.8. The van der Waals surface area contributed by atoms with Crippen LogP contribution in [0.4, 0.5) is 13.6 Å². The molecule has 2 fully saturated rings. The van der Waals surface area contributed by atoms with E-state index in [1.54, 1.807) is 26.8 Å². The molecule has 0 bridgehead atoms. The van der Waals surface area contributed by atoms with Gasteiger partial charge in [0.2, 0.25) is 0 Å². The Bertz CT molecular complexity index is 397. The maximum Gasteiger partial charge on any atom is 0.411 e. The van der Waals surface area contributed by atoms with E-state index < -0.39 is 35.5 Å². The first kappa shape index (κ1) is 12.1. The Hall–Kier alpha value is -1.38. The average molecular weight is 244 g/mol. The maximum atomic E-state index is 13.1. The van der Waals surface area contributed by atoms with Crippen LogP contribution in [-0.4, -0.2) is 35.1 Å². The summed E-state index contributed by atoms with van der Waals surface area (Å²) in [5, 5.41) is 8.88. The van der Waals surface area contributed by atoms with E-state index in [1.807, 2.05) is 0 Å². The van der Waals surface area contributed by atoms with Gasteiger partial charge in [-0.25, -0.2) is 13.6 Å². The largest absolute Gasteiger partial charge is 0.444 e. The highest BCUT2D eigenvalue weighted by atomic mass is 19.3. The van der Waals surface area contributed by atoms with Crippen molar-refractivity contribution in [3.05, 3.63) is 0 Å². The van der Waals surface area contributed by atoms with Crippen LogP contribution in [0, 0.1) is 23.2 Å². The number of nitrogens with zero attached hydrogens (tertiary/aromatic N) is 2. The first-order chi connectivity index (χ1) is 7.68. The molecule has 94 valence electrons. The number of alkyl halides is 2. The molecule has 17 heavy (non-hydrogen) atoms. The Labute approximate surface area is 98.1 Å². The van der Waals surface area contributed by atoms with Crippen LogP contribution in [0.2, 0.25) is 0 Å². The fraction of sp³-hybridized carbons (Fsp3) is 0.818. The number of fused-ring (bicyclic) bond motifs is 1. The minimum atomic E-state index is -2.79. The summed E-state index contributed by atoms with van der Waals surface area (Å²) in [6, 6.07) is 0.708. The lowest BCUT2D eigenvalue weighted by Gasteiger charge is -2.28. The molecule has 1 aliphatic heterocycles. The molecule has 4 nitrogen and oxygen atoms in total. The van der Waals surface area contributed by atoms with Gasteiger partial charge in [-0.1, -0.05) is 0 Å². The Morgan fingerprint density at radius 1 is 1.53 bits per heavy atom. The number of rotatable bonds is 0. The number of piperidine rings is 1. The van der Waals surface area contributed by atoms with Crippen LogP contribution in [0.25, 0.3) is 0 Å². The number of halogens is 2. The topological polar surface area (TPSA) is 53.3 Å². The van der Waals surface area contributed by atoms with Crippen molar-refractivity contribution in [3.63, 3.8) is 0 Å². The molecule has 2 rings (SSSR count). The van der Waals surface area contributed by atoms with E-state index in [9.17, 15) is 13.6 Å². The quantitative estimate of drug-likeness (QED) is 0.655. The van der Waals surface area contributed by atoms with Crippen molar-refractivity contribution in [2.45, 2.75) is 38.3 Å². The number of carbonyl (C=O) groups is 1. The first-order valence-corrected chi connectivity index (χ1v) is 5.45. The number of carbonyl (C=O) groups excluding carboxylic acids is 1. The summed E-state index contributed by atoms with van der Waals surface area (Å²) in [5.41, 5.74) is -0.688. The predicted molar refractivity (Wildman–Crippen MR) is 54.3 cm³/mol. The molecule has 0 aromatic heterocycles. The fourth-order valence-electron chi connectivity index (χ4n) is 2.26. The monoisotopic (exact) mass is 244 g/mol. The van der Waals surface area contributed by atoms with Crippen LogP contribution in [0.15, 0.2) is 0 Å². The van der Waals surface area contributed by atoms with E-state index in [0.717, 1.165) is 4.90 Å². The lowest BCUT2D eigenvalue weighted by molar-refractivity contribution is 0.00450. The van der Waals surface area contributed by atoms with E-state index in [-0.39, 0.29) is 6.54 Å². The average Bonchev–Trinajstić information content (AvgIpc) is 2.59. The van der Waals surface area contributed by atoms with Gasteiger partial charge in [0.15, 0.2) is 0 Å². The molecule has 1 saturated carbocycles. The lowest BCUT2D eigenvalue weighted by Crippen LogP contribution is -2.43. The SMILES string of the molecule is CC(C)(C)OC(=O)N1CC2C(C1C#N)C2(F)F. The summed E-state index contributed by atoms with van der Waals surface area (Å²) in [5.74, 6) is -4.68. The van der Waals surface area contributed by atoms with Crippen LogP contribution in [0.3, 0.4) is 0 Å². The van der Waals surface area contributed by atoms with Gasteiger partial charge in [0.1, 0.15) is 11.6 Å². The summed E-state index contributed by atoms with van der Waals surface area (Å²) in [6.07, 6.45) is -0.688. The van der Waals surface area contributed by atoms with Crippen LogP contribution < -0.4 is 0 Å². The van der Waals surface area contributed by atoms with E-state index in [4.69, 9.17) is 10.00 Å². The number of ether oxygens (including phenoxy) is 1. The third-order valence-electron chi connectivity index (χ3n) is 3.09. The number of nitriles is 1. The van der Waals surface area contributed by atoms with Crippen LogP contribution in [0.5, 0.6) is 0 Å². The summed E-state index contributed by atoms with van der Waals surface area (Å²) >= 11 is 0. The van der Waals surface area contributed by atoms with Crippen molar-refractivity contribution in [2.24, 2.45) is 11.8 Å². The van der Waals surface area contributed by atoms with Crippen LogP contribution >= 0.6 is 0 Å². The predicted octanol–water partition coefficient (Wildman–Crippen LogP) is 2.01. The molecule has 1 amide bonds. The summed E-state index contributed by atoms with van der Waals surface area (Å²) in [7, 11) is 0. The molecular weight excluding hydrogens is 230 g/mol. The van der Waals surface area contributed by atoms with Gasteiger partial charge >= 0.3 is 6.09 Å². The van der Waals surface area contributed by atoms with Crippen LogP contribution in [0.1, 0.15) is 20.8 Å². The molecule has 0 N–H and O–H groups in total. The molecule has 1 saturated heterocycles. The molecular formula is C11H14F2N2O2. The highest BCUT2D eigenvalue weighted by Crippen LogP contribution is 2.62. The molecule has 0 spiro atoms. The van der Waals surface area contributed by atoms with Gasteiger partial charge in [-0.15, -0.1) is 0 Å². The van der Waals surface area contributed by atoms with Crippen molar-refractivity contribution in [1.82, 2.24) is 4.90 Å². The molecule has 0 aromatic carbocycles. The summed E-state index contributed by atoms with van der Waals surface area (Å²) < 4.78 is 31.3. The van der Waals surface area contributed by atoms with Crippen molar-refractivity contribution in [2.75, 3.05) is 6.54 Å². The Balaban J connectivity index is 2.06. The number of likely N-dealkylation sites (tertiary alicyclic amines) is 1. The van der Waals surface area contributed by atoms with Crippen molar-refractivity contribution >= 4 is 6.09 Å². The number of hydrogen-bond donors (Lipinski definition) is 0. The third-order valence-corrected chi connectivity index (χ3v) is 3.09. The zero-order valence-corrected chi connectivity index (χ0v) is 9.91. The van der Waals surface area contributed by atoms with Gasteiger partial charge in [0.25, 0.3) is 5.92 Å². The Morgan fingerprint density at radius 2 is 2.12 bits per heavy atom. The molecule has 6 heteroatoms. The second kappa shape index (κ2) is 3.31. The van der Waals surface area contributed by atoms with E-state index >= 15 is 0 Å². The molecule has 0 aromatic rings. The molecule has 3 unspecified atom stereocenters. The Morgan fingerprint density at radius 3 is 2.59 bits per heavy atom. The van der Waals surface area contributed by atoms with Gasteiger partial charge in [0.05, 0.1) is 17.9 Å². The number of hydrogen-bond acceptors (Lipinski definition) is 3. The van der Waals surface area contributed by atoms with E-state index in [0.29, 0.717) is 0 Å². The van der Waals surface area contributed by atoms with Crippen LogP contribution in [-0.2, 0) is 4.74 Å². The van der Waals surface area contributed by atoms with Crippen molar-refractivity contribution in [1.29, 1.82) is 5.26 Å². The zero-order valence-electron chi connectivity index (χ0n) is 9.91. The van der Waals surface area contributed by atoms with Crippen molar-refractivity contribution in [3.8, 4) is 6.07 Å². The van der Waals surface area contributed by atoms with Gasteiger partial charge in [-0.2, -0.15) is 5.26 Å². The number of amides is 1. The molecule has 1 aliphatic carbocycles. The molecule has 0 radical (unpaired) electrons. The lowest BCUT2D eigenvalue weighted by atomic mass is 10.2. The molecule has 1 heterocycles. The Kier molecular flexibility index (Phi) is 2.35. The highest BCUT2D eigenvalue weighted by Gasteiger charge is 2.77. The second-order valence-corrected chi connectivity index (χ2v) is 5.51. The van der Waals surface area contributed by atoms with Crippen molar-refractivity contribution < 1.29 is 18.3 Å². The summed E-state index contributed by atoms with van der Waals surface area (Å²) in [6.45, 7) is 4.98. The van der Waals surface area contributed by atoms with Gasteiger partial charge in [-0.3, -0.25) is 4.90 Å². The van der Waals surface area contributed by atoms with E-state index in [1.165, 1.54) is 0 Å². The van der Waals surface area contributed by atoms with Gasteiger partial charge in [-0.05, 0) is 20.8 Å². The zero-order chi connectivity index (χ0) is 13.0. The van der Waals surface area contributed by atoms with Gasteiger partial charge < -0.3 is 4.74 Å². The first-order valence-electron chi connectivity index (χ1n) is 5.45. The second-order valence-electron chi connectivity index (χ2n) is 5.51. The highest BCUT2D eigenvalue weighted by molar-refractivity contribution is 5.70. The van der Waals surface area contributed by atoms with Gasteiger partial charge in [0, 0.05) is 6.54 Å². The maximum absolute atomic E-state index is 13.1. The minimum Gasteiger partial charge on any atom is -0.444 e. The minimum absolute atomic E-state index is 0.0925. The standard InChI is InChI=1S/C11H14F2N2O2/c1-10(2,3)17-9(16)15-5-6-8(7(15)4-14)11(6,12)13/h6-8H,5H2,1-3H3. The third kappa shape index (κ3) is 1.84. The molecule has 3 atom stereocenters. The fourth-order valence-corrected chi connectivity index (χ4v) is 2.26. The normalized spacial score (nSPS) is 33.9. The molecule has 2 aliphatic rings. The van der Waals surface area contributed by atoms with E-state index in [2.05, 4.69) is 0 Å².